The number of halogens is 1. The first-order valence-electron chi connectivity index (χ1n) is 12.8. The number of rotatable bonds is 7. The van der Waals surface area contributed by atoms with Crippen molar-refractivity contribution in [3.05, 3.63) is 118 Å². The Morgan fingerprint density at radius 1 is 1.07 bits per heavy atom. The largest absolute Gasteiger partial charge is 0.495 e. The lowest BCUT2D eigenvalue weighted by Gasteiger charge is -2.29. The van der Waals surface area contributed by atoms with Gasteiger partial charge < -0.3 is 15.0 Å². The monoisotopic (exact) mass is 554 g/mol. The van der Waals surface area contributed by atoms with E-state index in [4.69, 9.17) is 16.3 Å². The van der Waals surface area contributed by atoms with Gasteiger partial charge in [0.25, 0.3) is 11.8 Å². The molecule has 0 saturated carbocycles. The Morgan fingerprint density at radius 2 is 1.93 bits per heavy atom. The van der Waals surface area contributed by atoms with Crippen LogP contribution in [0.3, 0.4) is 0 Å². The number of carbonyl (C=O) groups is 3. The minimum Gasteiger partial charge on any atom is -0.495 e. The molecule has 0 bridgehead atoms. The van der Waals surface area contributed by atoms with E-state index in [1.807, 2.05) is 31.2 Å². The predicted molar refractivity (Wildman–Crippen MR) is 152 cm³/mol. The van der Waals surface area contributed by atoms with E-state index in [1.54, 1.807) is 60.7 Å². The fourth-order valence-corrected chi connectivity index (χ4v) is 5.04. The van der Waals surface area contributed by atoms with Crippen LogP contribution < -0.4 is 10.1 Å². The number of aromatic nitrogens is 2. The summed E-state index contributed by atoms with van der Waals surface area (Å²) in [5.41, 5.74) is 3.79. The third kappa shape index (κ3) is 5.87. The van der Waals surface area contributed by atoms with E-state index >= 15 is 0 Å². The van der Waals surface area contributed by atoms with Crippen LogP contribution in [0.1, 0.15) is 43.1 Å². The van der Waals surface area contributed by atoms with Crippen molar-refractivity contribution in [3.8, 4) is 5.75 Å². The summed E-state index contributed by atoms with van der Waals surface area (Å²) >= 11 is 6.19. The number of pyridine rings is 2. The number of ether oxygens (including phenoxy) is 1. The van der Waals surface area contributed by atoms with Crippen LogP contribution in [0.25, 0.3) is 0 Å². The summed E-state index contributed by atoms with van der Waals surface area (Å²) in [7, 11) is 1.55. The molecule has 2 aromatic carbocycles. The molecule has 1 atom stereocenters. The van der Waals surface area contributed by atoms with Crippen molar-refractivity contribution in [2.45, 2.75) is 32.4 Å². The van der Waals surface area contributed by atoms with Crippen molar-refractivity contribution >= 4 is 35.0 Å². The zero-order valence-electron chi connectivity index (χ0n) is 22.1. The predicted octanol–water partition coefficient (Wildman–Crippen LogP) is 5.08. The van der Waals surface area contributed by atoms with E-state index in [0.717, 1.165) is 16.8 Å². The fourth-order valence-electron chi connectivity index (χ4n) is 4.85. The molecule has 0 fully saturated rings. The third-order valence-electron chi connectivity index (χ3n) is 6.90. The highest BCUT2D eigenvalue weighted by atomic mass is 35.5. The highest BCUT2D eigenvalue weighted by Crippen LogP contribution is 2.27. The lowest BCUT2D eigenvalue weighted by Crippen LogP contribution is -2.45. The summed E-state index contributed by atoms with van der Waals surface area (Å²) in [6.45, 7) is 2.02. The van der Waals surface area contributed by atoms with Crippen LogP contribution in [0, 0.1) is 6.92 Å². The number of aryl methyl sites for hydroxylation is 1. The van der Waals surface area contributed by atoms with E-state index in [0.29, 0.717) is 39.7 Å². The molecule has 0 saturated heterocycles. The number of nitrogens with zero attached hydrogens (tertiary/aromatic N) is 3. The topological polar surface area (TPSA) is 101 Å². The maximum absolute atomic E-state index is 13.8. The Morgan fingerprint density at radius 3 is 2.62 bits per heavy atom. The van der Waals surface area contributed by atoms with Gasteiger partial charge in [-0.3, -0.25) is 19.4 Å². The second-order valence-electron chi connectivity index (χ2n) is 9.61. The van der Waals surface area contributed by atoms with Gasteiger partial charge in [-0.05, 0) is 72.1 Å². The standard InChI is InChI=1S/C31H27ClN4O4/c1-19-13-20(6-9-25(19)30(38)35-29-11-8-24(40-2)17-34-29)18-36-27(16-23-5-3-4-12-33-23)28(37)15-21-14-22(32)7-10-26(21)31(36)39/h3-14,17,27H,15-16,18H2,1-2H3,(H,34,35,38)/t27-/m1/s1. The Balaban J connectivity index is 1.42. The van der Waals surface area contributed by atoms with Crippen LogP contribution >= 0.6 is 11.6 Å². The molecule has 9 heteroatoms. The zero-order valence-corrected chi connectivity index (χ0v) is 22.8. The molecule has 8 nitrogen and oxygen atoms in total. The molecular formula is C31H27ClN4O4. The number of carbonyl (C=O) groups excluding carboxylic acids is 3. The molecule has 0 spiro atoms. The van der Waals surface area contributed by atoms with Crippen LogP contribution in [-0.2, 0) is 24.2 Å². The van der Waals surface area contributed by atoms with Crippen molar-refractivity contribution in [1.29, 1.82) is 0 Å². The average Bonchev–Trinajstić information content (AvgIpc) is 3.03. The summed E-state index contributed by atoms with van der Waals surface area (Å²) in [6, 6.07) is 18.6. The van der Waals surface area contributed by atoms with Crippen molar-refractivity contribution in [1.82, 2.24) is 14.9 Å². The van der Waals surface area contributed by atoms with Gasteiger partial charge in [0.1, 0.15) is 11.6 Å². The number of amides is 2. The number of benzene rings is 2. The van der Waals surface area contributed by atoms with Gasteiger partial charge in [0.15, 0.2) is 5.78 Å². The maximum Gasteiger partial charge on any atom is 0.257 e. The highest BCUT2D eigenvalue weighted by molar-refractivity contribution is 6.30. The number of methoxy groups -OCH3 is 1. The molecule has 1 aliphatic rings. The number of ketones is 1. The van der Waals surface area contributed by atoms with Crippen LogP contribution in [0.4, 0.5) is 5.82 Å². The number of fused-ring (bicyclic) bond motifs is 1. The Labute approximate surface area is 237 Å². The number of Topliss-reactive ketones (excluding diaryl/α,β-unsaturated/α-hetero) is 1. The van der Waals surface area contributed by atoms with Crippen molar-refractivity contribution in [2.75, 3.05) is 12.4 Å². The fraction of sp³-hybridized carbons (Fsp3) is 0.194. The van der Waals surface area contributed by atoms with E-state index < -0.39 is 6.04 Å². The molecule has 1 aliphatic heterocycles. The lowest BCUT2D eigenvalue weighted by atomic mass is 9.99. The van der Waals surface area contributed by atoms with E-state index in [9.17, 15) is 14.4 Å². The molecular weight excluding hydrogens is 528 g/mol. The minimum absolute atomic E-state index is 0.0836. The van der Waals surface area contributed by atoms with Gasteiger partial charge in [0.05, 0.1) is 19.3 Å². The Bertz CT molecular complexity index is 1570. The molecule has 3 heterocycles. The molecule has 4 aromatic rings. The number of nitrogens with one attached hydrogen (secondary N) is 1. The van der Waals surface area contributed by atoms with Gasteiger partial charge in [-0.1, -0.05) is 29.8 Å². The molecule has 1 N–H and O–H groups in total. The van der Waals surface area contributed by atoms with Crippen LogP contribution in [0.2, 0.25) is 5.02 Å². The van der Waals surface area contributed by atoms with Crippen molar-refractivity contribution in [2.24, 2.45) is 0 Å². The molecule has 2 amide bonds. The first kappa shape index (κ1) is 27.0. The van der Waals surface area contributed by atoms with Crippen molar-refractivity contribution < 1.29 is 19.1 Å². The zero-order chi connectivity index (χ0) is 28.2. The van der Waals surface area contributed by atoms with Gasteiger partial charge in [-0.2, -0.15) is 0 Å². The molecule has 5 rings (SSSR count). The first-order valence-corrected chi connectivity index (χ1v) is 13.1. The summed E-state index contributed by atoms with van der Waals surface area (Å²) in [4.78, 5) is 50.5. The molecule has 0 radical (unpaired) electrons. The number of hydrogen-bond acceptors (Lipinski definition) is 6. The number of hydrogen-bond donors (Lipinski definition) is 1. The van der Waals surface area contributed by atoms with Crippen molar-refractivity contribution in [3.63, 3.8) is 0 Å². The average molecular weight is 555 g/mol. The van der Waals surface area contributed by atoms with Gasteiger partial charge in [0, 0.05) is 47.4 Å². The van der Waals surface area contributed by atoms with E-state index in [-0.39, 0.29) is 30.6 Å². The normalized spacial score (nSPS) is 14.9. The Kier molecular flexibility index (Phi) is 7.89. The molecule has 40 heavy (non-hydrogen) atoms. The van der Waals surface area contributed by atoms with Crippen LogP contribution in [-0.4, -0.2) is 45.6 Å². The summed E-state index contributed by atoms with van der Waals surface area (Å²) < 4.78 is 5.11. The number of anilines is 1. The molecule has 0 aliphatic carbocycles. The summed E-state index contributed by atoms with van der Waals surface area (Å²) in [6.07, 6.45) is 3.60. The van der Waals surface area contributed by atoms with Gasteiger partial charge in [-0.25, -0.2) is 4.98 Å². The van der Waals surface area contributed by atoms with Gasteiger partial charge in [0.2, 0.25) is 0 Å². The second-order valence-corrected chi connectivity index (χ2v) is 10.0. The quantitative estimate of drug-likeness (QED) is 0.342. The summed E-state index contributed by atoms with van der Waals surface area (Å²) in [5, 5.41) is 3.27. The smallest absolute Gasteiger partial charge is 0.257 e. The molecule has 2 aromatic heterocycles. The lowest BCUT2D eigenvalue weighted by molar-refractivity contribution is -0.122. The van der Waals surface area contributed by atoms with Gasteiger partial charge >= 0.3 is 0 Å². The van der Waals surface area contributed by atoms with Crippen LogP contribution in [0.5, 0.6) is 5.75 Å². The first-order chi connectivity index (χ1) is 19.3. The minimum atomic E-state index is -0.710. The third-order valence-corrected chi connectivity index (χ3v) is 7.14. The summed E-state index contributed by atoms with van der Waals surface area (Å²) in [5.74, 6) is 0.357. The second kappa shape index (κ2) is 11.7. The van der Waals surface area contributed by atoms with E-state index in [1.165, 1.54) is 6.20 Å². The van der Waals surface area contributed by atoms with Crippen LogP contribution in [0.15, 0.2) is 79.1 Å². The van der Waals surface area contributed by atoms with E-state index in [2.05, 4.69) is 15.3 Å². The molecule has 0 unspecified atom stereocenters. The molecule has 202 valence electrons. The van der Waals surface area contributed by atoms with Gasteiger partial charge in [-0.15, -0.1) is 0 Å². The maximum atomic E-state index is 13.8. The SMILES string of the molecule is COc1ccc(NC(=O)c2ccc(CN3C(=O)c4ccc(Cl)cc4CC(=O)[C@H]3Cc3ccccn3)cc2C)nc1. The highest BCUT2D eigenvalue weighted by Gasteiger charge is 2.35. The Hall–Kier alpha value is -4.56.